The van der Waals surface area contributed by atoms with Crippen LogP contribution in [0.2, 0.25) is 0 Å². The van der Waals surface area contributed by atoms with Crippen molar-refractivity contribution in [2.75, 3.05) is 6.61 Å². The van der Waals surface area contributed by atoms with E-state index in [9.17, 15) is 4.79 Å². The van der Waals surface area contributed by atoms with E-state index in [1.54, 1.807) is 12.1 Å². The average molecular weight is 292 g/mol. The second-order valence-electron chi connectivity index (χ2n) is 5.33. The zero-order valence-electron chi connectivity index (χ0n) is 11.6. The largest absolute Gasteiger partial charge is 0.483 e. The van der Waals surface area contributed by atoms with Crippen LogP contribution < -0.4 is 15.8 Å². The summed E-state index contributed by atoms with van der Waals surface area (Å²) in [6, 6.07) is 7.50. The van der Waals surface area contributed by atoms with Crippen LogP contribution in [0.4, 0.5) is 0 Å². The summed E-state index contributed by atoms with van der Waals surface area (Å²) in [6.45, 7) is 2.20. The number of hydrogen-bond donors (Lipinski definition) is 2. The highest BCUT2D eigenvalue weighted by atomic mass is 32.1. The molecule has 0 heterocycles. The molecule has 20 heavy (non-hydrogen) atoms. The maximum Gasteiger partial charge on any atom is 0.258 e. The van der Waals surface area contributed by atoms with Crippen molar-refractivity contribution in [2.45, 2.75) is 32.2 Å². The molecule has 0 saturated heterocycles. The Morgan fingerprint density at radius 3 is 2.85 bits per heavy atom. The van der Waals surface area contributed by atoms with Gasteiger partial charge in [0.05, 0.1) is 5.56 Å². The molecule has 1 fully saturated rings. The zero-order valence-corrected chi connectivity index (χ0v) is 12.4. The third-order valence-electron chi connectivity index (χ3n) is 3.57. The first kappa shape index (κ1) is 14.8. The highest BCUT2D eigenvalue weighted by molar-refractivity contribution is 7.80. The van der Waals surface area contributed by atoms with Gasteiger partial charge < -0.3 is 15.8 Å². The minimum atomic E-state index is -0.0955. The summed E-state index contributed by atoms with van der Waals surface area (Å²) < 4.78 is 5.52. The van der Waals surface area contributed by atoms with Gasteiger partial charge in [-0.3, -0.25) is 4.79 Å². The number of ether oxygens (including phenoxy) is 1. The van der Waals surface area contributed by atoms with Crippen LogP contribution in [0, 0.1) is 5.92 Å². The van der Waals surface area contributed by atoms with Crippen molar-refractivity contribution in [1.82, 2.24) is 5.32 Å². The third kappa shape index (κ3) is 3.93. The van der Waals surface area contributed by atoms with Gasteiger partial charge in [0.15, 0.2) is 6.61 Å². The van der Waals surface area contributed by atoms with Gasteiger partial charge in [0.1, 0.15) is 10.7 Å². The molecule has 108 valence electrons. The predicted octanol–water partition coefficient (Wildman–Crippen LogP) is 2.00. The third-order valence-corrected chi connectivity index (χ3v) is 3.79. The zero-order chi connectivity index (χ0) is 14.5. The lowest BCUT2D eigenvalue weighted by atomic mass is 10.1. The van der Waals surface area contributed by atoms with Gasteiger partial charge in [-0.25, -0.2) is 0 Å². The van der Waals surface area contributed by atoms with Gasteiger partial charge in [0.2, 0.25) is 0 Å². The Bertz CT molecular complexity index is 504. The van der Waals surface area contributed by atoms with Crippen LogP contribution >= 0.6 is 12.2 Å². The van der Waals surface area contributed by atoms with E-state index in [4.69, 9.17) is 22.7 Å². The highest BCUT2D eigenvalue weighted by Gasteiger charge is 2.22. The molecule has 1 aromatic carbocycles. The molecule has 5 heteroatoms. The van der Waals surface area contributed by atoms with Crippen molar-refractivity contribution in [1.29, 1.82) is 0 Å². The van der Waals surface area contributed by atoms with Crippen LogP contribution in [-0.2, 0) is 4.79 Å². The molecule has 4 nitrogen and oxygen atoms in total. The molecule has 0 radical (unpaired) electrons. The monoisotopic (exact) mass is 292 g/mol. The first-order valence-electron chi connectivity index (χ1n) is 6.87. The van der Waals surface area contributed by atoms with Crippen molar-refractivity contribution in [3.05, 3.63) is 29.8 Å². The summed E-state index contributed by atoms with van der Waals surface area (Å²) in [4.78, 5) is 12.1. The molecule has 1 aromatic rings. The molecule has 0 bridgehead atoms. The van der Waals surface area contributed by atoms with E-state index in [0.717, 1.165) is 12.8 Å². The molecule has 2 atom stereocenters. The maximum atomic E-state index is 11.9. The van der Waals surface area contributed by atoms with E-state index in [2.05, 4.69) is 12.2 Å². The van der Waals surface area contributed by atoms with E-state index >= 15 is 0 Å². The number of rotatable bonds is 5. The van der Waals surface area contributed by atoms with Gasteiger partial charge in [-0.15, -0.1) is 0 Å². The van der Waals surface area contributed by atoms with Crippen LogP contribution in [0.15, 0.2) is 24.3 Å². The first-order valence-corrected chi connectivity index (χ1v) is 7.28. The quantitative estimate of drug-likeness (QED) is 0.815. The number of carbonyl (C=O) groups excluding carboxylic acids is 1. The Morgan fingerprint density at radius 1 is 1.45 bits per heavy atom. The normalized spacial score (nSPS) is 21.4. The SMILES string of the molecule is CC1CCC(NC(=O)COc2ccccc2C(N)=S)C1. The van der Waals surface area contributed by atoms with E-state index < -0.39 is 0 Å². The Balaban J connectivity index is 1.86. The fourth-order valence-corrected chi connectivity index (χ4v) is 2.72. The number of amides is 1. The van der Waals surface area contributed by atoms with Gasteiger partial charge in [-0.1, -0.05) is 31.3 Å². The molecular formula is C15H20N2O2S. The smallest absolute Gasteiger partial charge is 0.258 e. The van der Waals surface area contributed by atoms with Crippen molar-refractivity contribution in [3.8, 4) is 5.75 Å². The van der Waals surface area contributed by atoms with Gasteiger partial charge in [0, 0.05) is 6.04 Å². The number of carbonyl (C=O) groups is 1. The molecule has 1 aliphatic carbocycles. The van der Waals surface area contributed by atoms with Crippen molar-refractivity contribution >= 4 is 23.1 Å². The number of hydrogen-bond acceptors (Lipinski definition) is 3. The molecule has 0 aromatic heterocycles. The Kier molecular flexibility index (Phi) is 4.95. The number of thiocarbonyl (C=S) groups is 1. The summed E-state index contributed by atoms with van der Waals surface area (Å²) in [5.74, 6) is 1.15. The summed E-state index contributed by atoms with van der Waals surface area (Å²) in [5.41, 5.74) is 6.28. The lowest BCUT2D eigenvalue weighted by molar-refractivity contribution is -0.123. The summed E-state index contributed by atoms with van der Waals surface area (Å²) >= 11 is 4.96. The molecule has 3 N–H and O–H groups in total. The first-order chi connectivity index (χ1) is 9.56. The van der Waals surface area contributed by atoms with E-state index in [-0.39, 0.29) is 23.5 Å². The molecule has 2 unspecified atom stereocenters. The summed E-state index contributed by atoms with van der Waals surface area (Å²) in [5, 5.41) is 3.00. The fourth-order valence-electron chi connectivity index (χ4n) is 2.55. The molecular weight excluding hydrogens is 272 g/mol. The van der Waals surface area contributed by atoms with Crippen LogP contribution in [0.25, 0.3) is 0 Å². The fraction of sp³-hybridized carbons (Fsp3) is 0.467. The maximum absolute atomic E-state index is 11.9. The summed E-state index contributed by atoms with van der Waals surface area (Å²) in [6.07, 6.45) is 3.28. The number of para-hydroxylation sites is 1. The van der Waals surface area contributed by atoms with Gasteiger partial charge in [-0.2, -0.15) is 0 Å². The Labute approximate surface area is 124 Å². The number of nitrogens with one attached hydrogen (secondary N) is 1. The highest BCUT2D eigenvalue weighted by Crippen LogP contribution is 2.24. The Hall–Kier alpha value is -1.62. The minimum Gasteiger partial charge on any atom is -0.483 e. The molecule has 1 amide bonds. The van der Waals surface area contributed by atoms with Crippen LogP contribution in [0.3, 0.4) is 0 Å². The second kappa shape index (κ2) is 6.70. The van der Waals surface area contributed by atoms with Crippen molar-refractivity contribution in [3.63, 3.8) is 0 Å². The van der Waals surface area contributed by atoms with E-state index in [1.165, 1.54) is 6.42 Å². The number of benzene rings is 1. The lowest BCUT2D eigenvalue weighted by Gasteiger charge is -2.14. The molecule has 2 rings (SSSR count). The van der Waals surface area contributed by atoms with Crippen LogP contribution in [0.5, 0.6) is 5.75 Å². The Morgan fingerprint density at radius 2 is 2.20 bits per heavy atom. The second-order valence-corrected chi connectivity index (χ2v) is 5.77. The molecule has 1 saturated carbocycles. The van der Waals surface area contributed by atoms with Crippen molar-refractivity contribution in [2.24, 2.45) is 11.7 Å². The van der Waals surface area contributed by atoms with E-state index in [0.29, 0.717) is 17.2 Å². The predicted molar refractivity (Wildman–Crippen MR) is 82.8 cm³/mol. The van der Waals surface area contributed by atoms with E-state index in [1.807, 2.05) is 12.1 Å². The molecule has 0 spiro atoms. The van der Waals surface area contributed by atoms with Crippen molar-refractivity contribution < 1.29 is 9.53 Å². The standard InChI is InChI=1S/C15H20N2O2S/c1-10-6-7-11(8-10)17-14(18)9-19-13-5-3-2-4-12(13)15(16)20/h2-5,10-11H,6-9H2,1H3,(H2,16,20)(H,17,18). The summed E-state index contributed by atoms with van der Waals surface area (Å²) in [7, 11) is 0. The topological polar surface area (TPSA) is 64.3 Å². The van der Waals surface area contributed by atoms with Gasteiger partial charge in [-0.05, 0) is 37.3 Å². The number of nitrogens with two attached hydrogens (primary N) is 1. The molecule has 0 aliphatic heterocycles. The van der Waals surface area contributed by atoms with Gasteiger partial charge in [0.25, 0.3) is 5.91 Å². The average Bonchev–Trinajstić information content (AvgIpc) is 2.82. The van der Waals surface area contributed by atoms with Crippen LogP contribution in [0.1, 0.15) is 31.7 Å². The lowest BCUT2D eigenvalue weighted by Crippen LogP contribution is -2.36. The van der Waals surface area contributed by atoms with Gasteiger partial charge >= 0.3 is 0 Å². The molecule has 1 aliphatic rings. The minimum absolute atomic E-state index is 0.00942. The van der Waals surface area contributed by atoms with Crippen LogP contribution in [-0.4, -0.2) is 23.5 Å².